The van der Waals surface area contributed by atoms with Crippen molar-refractivity contribution in [2.24, 2.45) is 0 Å². The summed E-state index contributed by atoms with van der Waals surface area (Å²) in [7, 11) is 0. The highest BCUT2D eigenvalue weighted by atomic mass is 16.6. The minimum Gasteiger partial charge on any atom is -0.456 e. The van der Waals surface area contributed by atoms with Crippen LogP contribution in [0.1, 0.15) is 79.4 Å². The largest absolute Gasteiger partial charge is 0.456 e. The number of fused-ring (bicyclic) bond motifs is 6. The summed E-state index contributed by atoms with van der Waals surface area (Å²) in [6.45, 7) is 6.03. The van der Waals surface area contributed by atoms with Crippen LogP contribution in [0.2, 0.25) is 0 Å². The number of nitrogens with one attached hydrogen (secondary N) is 2. The Balaban J connectivity index is 1.50. The fraction of sp³-hybridized carbons (Fsp3) is 0.367. The number of rotatable bonds is 10. The highest BCUT2D eigenvalue weighted by Gasteiger charge is 2.53. The summed E-state index contributed by atoms with van der Waals surface area (Å²) < 4.78 is 12.7. The third-order valence-electron chi connectivity index (χ3n) is 6.95. The molecule has 2 N–H and O–H groups in total. The molecule has 182 valence electrons. The number of esters is 1. The number of carbonyl (C=O) groups is 1. The predicted molar refractivity (Wildman–Crippen MR) is 141 cm³/mol. The van der Waals surface area contributed by atoms with E-state index in [2.05, 4.69) is 30.5 Å². The first-order valence-corrected chi connectivity index (χ1v) is 12.9. The molecule has 5 nitrogen and oxygen atoms in total. The van der Waals surface area contributed by atoms with E-state index in [-0.39, 0.29) is 5.97 Å². The minimum absolute atomic E-state index is 0.305. The van der Waals surface area contributed by atoms with Crippen molar-refractivity contribution in [2.45, 2.75) is 58.0 Å². The van der Waals surface area contributed by atoms with Crippen molar-refractivity contribution in [1.29, 1.82) is 0 Å². The summed E-state index contributed by atoms with van der Waals surface area (Å²) in [5.74, 6) is 1.11. The molecule has 3 aromatic carbocycles. The Kier molecular flexibility index (Phi) is 6.67. The predicted octanol–water partition coefficient (Wildman–Crippen LogP) is 7.46. The zero-order valence-corrected chi connectivity index (χ0v) is 20.7. The van der Waals surface area contributed by atoms with Gasteiger partial charge in [-0.1, -0.05) is 57.2 Å². The lowest BCUT2D eigenvalue weighted by atomic mass is 9.77. The zero-order chi connectivity index (χ0) is 24.3. The molecule has 0 radical (unpaired) electrons. The van der Waals surface area contributed by atoms with Gasteiger partial charge >= 0.3 is 5.97 Å². The van der Waals surface area contributed by atoms with Crippen molar-refractivity contribution in [2.75, 3.05) is 23.7 Å². The van der Waals surface area contributed by atoms with E-state index in [9.17, 15) is 4.79 Å². The van der Waals surface area contributed by atoms with Crippen molar-refractivity contribution in [3.8, 4) is 11.5 Å². The molecule has 0 bridgehead atoms. The molecule has 0 saturated carbocycles. The number of ether oxygens (including phenoxy) is 2. The molecule has 0 saturated heterocycles. The van der Waals surface area contributed by atoms with E-state index in [0.29, 0.717) is 17.1 Å². The van der Waals surface area contributed by atoms with Crippen LogP contribution in [0.25, 0.3) is 0 Å². The molecule has 35 heavy (non-hydrogen) atoms. The van der Waals surface area contributed by atoms with Crippen LogP contribution in [0.5, 0.6) is 11.5 Å². The lowest BCUT2D eigenvalue weighted by molar-refractivity contribution is 0.0224. The molecule has 2 aliphatic heterocycles. The highest BCUT2D eigenvalue weighted by molar-refractivity contribution is 5.97. The number of carbonyl (C=O) groups excluding carboxylic acids is 1. The zero-order valence-electron chi connectivity index (χ0n) is 20.7. The summed E-state index contributed by atoms with van der Waals surface area (Å²) in [6.07, 6.45) is 7.56. The second kappa shape index (κ2) is 10.0. The van der Waals surface area contributed by atoms with Crippen molar-refractivity contribution in [3.05, 3.63) is 82.9 Å². The Morgan fingerprint density at radius 2 is 1.51 bits per heavy atom. The quantitative estimate of drug-likeness (QED) is 0.238. The molecular formula is C30H34N2O3. The topological polar surface area (TPSA) is 59.6 Å². The van der Waals surface area contributed by atoms with Gasteiger partial charge in [-0.3, -0.25) is 0 Å². The van der Waals surface area contributed by atoms with Crippen molar-refractivity contribution >= 4 is 17.3 Å². The summed E-state index contributed by atoms with van der Waals surface area (Å²) in [5.41, 5.74) is 4.12. The number of hydrogen-bond acceptors (Lipinski definition) is 5. The Morgan fingerprint density at radius 3 is 2.37 bits per heavy atom. The van der Waals surface area contributed by atoms with E-state index >= 15 is 0 Å². The number of unbranched alkanes of at least 4 members (excludes halogenated alkanes) is 5. The van der Waals surface area contributed by atoms with Gasteiger partial charge in [0.15, 0.2) is 5.60 Å². The first kappa shape index (κ1) is 23.3. The van der Waals surface area contributed by atoms with Gasteiger partial charge in [0.1, 0.15) is 11.5 Å². The molecule has 0 fully saturated rings. The summed E-state index contributed by atoms with van der Waals surface area (Å²) in [5, 5.41) is 6.92. The monoisotopic (exact) mass is 470 g/mol. The van der Waals surface area contributed by atoms with E-state index < -0.39 is 5.60 Å². The molecule has 3 aromatic rings. The van der Waals surface area contributed by atoms with E-state index in [1.54, 1.807) is 0 Å². The normalized spacial score (nSPS) is 17.3. The Hall–Kier alpha value is -3.47. The van der Waals surface area contributed by atoms with Gasteiger partial charge in [-0.2, -0.15) is 0 Å². The number of benzene rings is 3. The van der Waals surface area contributed by atoms with Crippen LogP contribution in [0.4, 0.5) is 11.4 Å². The lowest BCUT2D eigenvalue weighted by Crippen LogP contribution is -2.33. The molecule has 0 aromatic heterocycles. The van der Waals surface area contributed by atoms with Crippen LogP contribution in [-0.2, 0) is 10.3 Å². The van der Waals surface area contributed by atoms with Crippen LogP contribution in [0.3, 0.4) is 0 Å². The van der Waals surface area contributed by atoms with E-state index in [0.717, 1.165) is 47.6 Å². The average Bonchev–Trinajstić information content (AvgIpc) is 3.17. The van der Waals surface area contributed by atoms with Crippen molar-refractivity contribution < 1.29 is 14.3 Å². The van der Waals surface area contributed by atoms with Crippen LogP contribution in [-0.4, -0.2) is 19.1 Å². The fourth-order valence-electron chi connectivity index (χ4n) is 5.23. The van der Waals surface area contributed by atoms with E-state index in [4.69, 9.17) is 9.47 Å². The third kappa shape index (κ3) is 4.24. The van der Waals surface area contributed by atoms with Crippen molar-refractivity contribution in [1.82, 2.24) is 0 Å². The minimum atomic E-state index is -1.03. The highest BCUT2D eigenvalue weighted by Crippen LogP contribution is 2.56. The van der Waals surface area contributed by atoms with Gasteiger partial charge in [0.25, 0.3) is 0 Å². The molecule has 2 heterocycles. The fourth-order valence-corrected chi connectivity index (χ4v) is 5.23. The third-order valence-corrected chi connectivity index (χ3v) is 6.95. The second-order valence-corrected chi connectivity index (χ2v) is 9.37. The Bertz CT molecular complexity index is 1220. The Morgan fingerprint density at radius 1 is 0.743 bits per heavy atom. The first-order valence-electron chi connectivity index (χ1n) is 12.9. The van der Waals surface area contributed by atoms with Crippen LogP contribution in [0, 0.1) is 0 Å². The molecule has 5 heteroatoms. The number of hydrogen-bond donors (Lipinski definition) is 2. The molecular weight excluding hydrogens is 436 g/mol. The Labute approximate surface area is 207 Å². The second-order valence-electron chi connectivity index (χ2n) is 9.37. The maximum atomic E-state index is 13.0. The van der Waals surface area contributed by atoms with Gasteiger partial charge in [0, 0.05) is 47.2 Å². The maximum Gasteiger partial charge on any atom is 0.340 e. The SMILES string of the molecule is CCCCCCCCNc1ccc2c(c1)C1(OC(=O)c3ccccc31)c1ccc(NCC)cc1O2. The summed E-state index contributed by atoms with van der Waals surface area (Å²) in [4.78, 5) is 13.0. The molecule has 0 amide bonds. The molecule has 1 unspecified atom stereocenters. The summed E-state index contributed by atoms with van der Waals surface area (Å²) in [6, 6.07) is 19.8. The summed E-state index contributed by atoms with van der Waals surface area (Å²) >= 11 is 0. The van der Waals surface area contributed by atoms with Crippen molar-refractivity contribution in [3.63, 3.8) is 0 Å². The molecule has 1 spiro atoms. The first-order chi connectivity index (χ1) is 17.2. The molecule has 1 atom stereocenters. The maximum absolute atomic E-state index is 13.0. The molecule has 5 rings (SSSR count). The number of anilines is 2. The standard InChI is InChI=1S/C30H34N2O3/c1-3-5-6-7-8-11-18-32-21-15-17-27-26(19-21)30(24-13-10-9-12-23(24)29(33)35-30)25-16-14-22(31-4-2)20-28(25)34-27/h9-10,12-17,19-20,31-32H,3-8,11,18H2,1-2H3. The smallest absolute Gasteiger partial charge is 0.340 e. The van der Waals surface area contributed by atoms with E-state index in [1.807, 2.05) is 54.6 Å². The van der Waals surface area contributed by atoms with Gasteiger partial charge in [0.2, 0.25) is 0 Å². The van der Waals surface area contributed by atoms with Gasteiger partial charge in [0.05, 0.1) is 5.56 Å². The van der Waals surface area contributed by atoms with Crippen LogP contribution in [0.15, 0.2) is 60.7 Å². The van der Waals surface area contributed by atoms with Gasteiger partial charge < -0.3 is 20.1 Å². The molecule has 2 aliphatic rings. The van der Waals surface area contributed by atoms with Crippen LogP contribution < -0.4 is 15.4 Å². The van der Waals surface area contributed by atoms with Gasteiger partial charge in [-0.25, -0.2) is 4.79 Å². The average molecular weight is 471 g/mol. The lowest BCUT2D eigenvalue weighted by Gasteiger charge is -2.37. The van der Waals surface area contributed by atoms with Gasteiger partial charge in [-0.05, 0) is 49.7 Å². The van der Waals surface area contributed by atoms with Gasteiger partial charge in [-0.15, -0.1) is 0 Å². The molecule has 0 aliphatic carbocycles. The van der Waals surface area contributed by atoms with E-state index in [1.165, 1.54) is 32.1 Å². The van der Waals surface area contributed by atoms with Crippen LogP contribution >= 0.6 is 0 Å².